The van der Waals surface area contributed by atoms with E-state index >= 15 is 0 Å². The number of hydrogen-bond donors (Lipinski definition) is 0. The van der Waals surface area contributed by atoms with Crippen molar-refractivity contribution < 1.29 is 24.7 Å². The van der Waals surface area contributed by atoms with Crippen LogP contribution in [0.2, 0.25) is 4.13 Å². The molecule has 0 aromatic carbocycles. The van der Waals surface area contributed by atoms with E-state index in [-0.39, 0.29) is 0 Å². The Labute approximate surface area is 74.7 Å². The summed E-state index contributed by atoms with van der Waals surface area (Å²) in [6.07, 6.45) is 0. The normalized spacial score (nSPS) is 9.11. The topological polar surface area (TPSA) is 3.24 Å². The van der Waals surface area contributed by atoms with Crippen LogP contribution in [-0.2, 0) is 24.7 Å². The molecule has 55 valence electrons. The molecule has 0 N–H and O–H groups in total. The van der Waals surface area contributed by atoms with Crippen molar-refractivity contribution in [1.82, 2.24) is 4.90 Å². The fraction of sp³-hybridized carbons (Fsp3) is 1.00. The van der Waals surface area contributed by atoms with Gasteiger partial charge in [0, 0.05) is 0 Å². The molecule has 0 unspecified atom stereocenters. The Morgan fingerprint density at radius 3 is 1.33 bits per heavy atom. The smallest absolute Gasteiger partial charge is 0.0140 e. The van der Waals surface area contributed by atoms with Gasteiger partial charge in [-0.3, -0.25) is 0 Å². The van der Waals surface area contributed by atoms with E-state index in [1.807, 2.05) is 26.0 Å². The van der Waals surface area contributed by atoms with Crippen LogP contribution in [0.4, 0.5) is 0 Å². The maximum atomic E-state index is 2.24. The first-order valence-corrected chi connectivity index (χ1v) is 5.00. The molecule has 0 saturated carbocycles. The third kappa shape index (κ3) is 51.2. The first-order chi connectivity index (χ1) is 4.00. The quantitative estimate of drug-likeness (QED) is 0.634. The molecule has 0 spiro atoms. The van der Waals surface area contributed by atoms with Gasteiger partial charge < -0.3 is 4.90 Å². The second kappa shape index (κ2) is 8.84. The SMILES string of the molecule is CC(C)[CH2][Zr].CN(C)C. The molecular formula is C7H18NZr. The summed E-state index contributed by atoms with van der Waals surface area (Å²) in [6, 6.07) is 0. The molecule has 0 saturated heterocycles. The second-order valence-electron chi connectivity index (χ2n) is 2.94. The summed E-state index contributed by atoms with van der Waals surface area (Å²) in [5.74, 6) is 0.924. The third-order valence-corrected chi connectivity index (χ3v) is 2.42. The molecule has 1 nitrogen and oxygen atoms in total. The van der Waals surface area contributed by atoms with Crippen LogP contribution >= 0.6 is 0 Å². The molecule has 0 aliphatic heterocycles. The van der Waals surface area contributed by atoms with E-state index in [2.05, 4.69) is 13.8 Å². The van der Waals surface area contributed by atoms with Crippen molar-refractivity contribution >= 4 is 0 Å². The van der Waals surface area contributed by atoms with Crippen LogP contribution in [0.5, 0.6) is 0 Å². The van der Waals surface area contributed by atoms with E-state index in [0.717, 1.165) is 5.92 Å². The standard InChI is InChI=1S/C4H9.C3H9N.Zr/c2*1-4(2)3;/h4H,1H2,2-3H3;1-3H3;. The van der Waals surface area contributed by atoms with Gasteiger partial charge in [-0.1, -0.05) is 0 Å². The predicted octanol–water partition coefficient (Wildman–Crippen LogP) is 1.79. The summed E-state index contributed by atoms with van der Waals surface area (Å²) in [5.41, 5.74) is 0. The van der Waals surface area contributed by atoms with Crippen molar-refractivity contribution in [1.29, 1.82) is 0 Å². The van der Waals surface area contributed by atoms with E-state index in [0.29, 0.717) is 0 Å². The number of rotatable bonds is 1. The molecule has 2 heteroatoms. The molecule has 0 radical (unpaired) electrons. The van der Waals surface area contributed by atoms with Gasteiger partial charge in [0.1, 0.15) is 0 Å². The average Bonchev–Trinajstić information content (AvgIpc) is 1.65. The minimum absolute atomic E-state index is 0.924. The van der Waals surface area contributed by atoms with Crippen LogP contribution in [0, 0.1) is 5.92 Å². The molecule has 0 heterocycles. The summed E-state index contributed by atoms with van der Waals surface area (Å²) in [4.78, 5) is 2.00. The van der Waals surface area contributed by atoms with Crippen molar-refractivity contribution in [2.24, 2.45) is 5.92 Å². The first-order valence-electron chi connectivity index (χ1n) is 3.26. The van der Waals surface area contributed by atoms with Crippen molar-refractivity contribution in [2.75, 3.05) is 21.1 Å². The predicted molar refractivity (Wildman–Crippen MR) is 39.3 cm³/mol. The zero-order valence-corrected chi connectivity index (χ0v) is 9.69. The molecule has 0 fully saturated rings. The van der Waals surface area contributed by atoms with E-state index in [1.54, 1.807) is 24.7 Å². The van der Waals surface area contributed by atoms with Gasteiger partial charge in [-0.25, -0.2) is 0 Å². The van der Waals surface area contributed by atoms with Crippen LogP contribution in [0.3, 0.4) is 0 Å². The van der Waals surface area contributed by atoms with Crippen molar-refractivity contribution in [3.05, 3.63) is 0 Å². The minimum Gasteiger partial charge on any atom is -0.312 e. The van der Waals surface area contributed by atoms with Crippen LogP contribution in [0.15, 0.2) is 0 Å². The molecule has 0 bridgehead atoms. The van der Waals surface area contributed by atoms with Gasteiger partial charge >= 0.3 is 48.6 Å². The Hall–Kier alpha value is 0.843. The Morgan fingerprint density at radius 1 is 1.22 bits per heavy atom. The van der Waals surface area contributed by atoms with Crippen LogP contribution < -0.4 is 0 Å². The van der Waals surface area contributed by atoms with Gasteiger partial charge in [-0.05, 0) is 21.1 Å². The van der Waals surface area contributed by atoms with Crippen molar-refractivity contribution in [3.8, 4) is 0 Å². The Morgan fingerprint density at radius 2 is 1.33 bits per heavy atom. The fourth-order valence-electron chi connectivity index (χ4n) is 0. The molecular weight excluding hydrogens is 189 g/mol. The van der Waals surface area contributed by atoms with Crippen LogP contribution in [0.25, 0.3) is 0 Å². The van der Waals surface area contributed by atoms with Crippen LogP contribution in [-0.4, -0.2) is 26.0 Å². The molecule has 9 heavy (non-hydrogen) atoms. The van der Waals surface area contributed by atoms with Crippen molar-refractivity contribution in [3.63, 3.8) is 0 Å². The molecule has 0 aromatic rings. The molecule has 0 aliphatic carbocycles. The van der Waals surface area contributed by atoms with E-state index in [1.165, 1.54) is 4.13 Å². The first kappa shape index (κ1) is 12.5. The summed E-state index contributed by atoms with van der Waals surface area (Å²) >= 11 is 1.66. The molecule has 0 aromatic heterocycles. The summed E-state index contributed by atoms with van der Waals surface area (Å²) in [5, 5.41) is 0. The van der Waals surface area contributed by atoms with Gasteiger partial charge in [-0.15, -0.1) is 0 Å². The summed E-state index contributed by atoms with van der Waals surface area (Å²) in [6.45, 7) is 4.49. The monoisotopic (exact) mass is 206 g/mol. The van der Waals surface area contributed by atoms with Crippen LogP contribution in [0.1, 0.15) is 13.8 Å². The fourth-order valence-corrected chi connectivity index (χ4v) is 0. The average molecular weight is 207 g/mol. The summed E-state index contributed by atoms with van der Waals surface area (Å²) in [7, 11) is 6.00. The molecule has 0 atom stereocenters. The molecule has 0 amide bonds. The largest absolute Gasteiger partial charge is 0.312 e. The van der Waals surface area contributed by atoms with Gasteiger partial charge in [-0.2, -0.15) is 0 Å². The van der Waals surface area contributed by atoms with Crippen molar-refractivity contribution in [2.45, 2.75) is 18.0 Å². The zero-order chi connectivity index (χ0) is 7.86. The zero-order valence-electron chi connectivity index (χ0n) is 7.23. The van der Waals surface area contributed by atoms with E-state index < -0.39 is 0 Å². The van der Waals surface area contributed by atoms with E-state index in [4.69, 9.17) is 0 Å². The third-order valence-electron chi connectivity index (χ3n) is 0.408. The molecule has 0 aliphatic rings. The Kier molecular flexibility index (Phi) is 12.3. The van der Waals surface area contributed by atoms with Gasteiger partial charge in [0.05, 0.1) is 0 Å². The Bertz CT molecular complexity index is 41.4. The second-order valence-corrected chi connectivity index (χ2v) is 3.94. The number of hydrogen-bond acceptors (Lipinski definition) is 1. The maximum Gasteiger partial charge on any atom is -0.0140 e. The van der Waals surface area contributed by atoms with E-state index in [9.17, 15) is 0 Å². The Balaban J connectivity index is 0. The number of nitrogens with zero attached hydrogens (tertiary/aromatic N) is 1. The summed E-state index contributed by atoms with van der Waals surface area (Å²) < 4.78 is 1.40. The van der Waals surface area contributed by atoms with Gasteiger partial charge in [0.2, 0.25) is 0 Å². The van der Waals surface area contributed by atoms with Gasteiger partial charge in [0.15, 0.2) is 0 Å². The molecule has 0 rings (SSSR count). The maximum absolute atomic E-state index is 2.24. The minimum atomic E-state index is 0.924. The van der Waals surface area contributed by atoms with Gasteiger partial charge in [0.25, 0.3) is 0 Å².